The van der Waals surface area contributed by atoms with Gasteiger partial charge in [-0.3, -0.25) is 0 Å². The minimum absolute atomic E-state index is 0.159. The van der Waals surface area contributed by atoms with Crippen LogP contribution in [0.5, 0.6) is 11.5 Å². The molecule has 2 aromatic carbocycles. The van der Waals surface area contributed by atoms with Crippen LogP contribution in [0.1, 0.15) is 11.1 Å². The Balaban J connectivity index is 1.87. The van der Waals surface area contributed by atoms with E-state index in [1.54, 1.807) is 42.5 Å². The zero-order valence-electron chi connectivity index (χ0n) is 14.1. The minimum Gasteiger partial charge on any atom is -0.496 e. The van der Waals surface area contributed by atoms with Crippen LogP contribution in [0, 0.1) is 0 Å². The number of hydrogen-bond donors (Lipinski definition) is 0. The first-order valence-electron chi connectivity index (χ1n) is 7.81. The van der Waals surface area contributed by atoms with Gasteiger partial charge in [-0.15, -0.1) is 0 Å². The van der Waals surface area contributed by atoms with Gasteiger partial charge < -0.3 is 14.2 Å². The second kappa shape index (κ2) is 7.89. The van der Waals surface area contributed by atoms with Gasteiger partial charge in [0.2, 0.25) is 5.90 Å². The van der Waals surface area contributed by atoms with E-state index in [9.17, 15) is 4.79 Å². The van der Waals surface area contributed by atoms with Crippen molar-refractivity contribution in [2.75, 3.05) is 13.7 Å². The number of rotatable bonds is 6. The van der Waals surface area contributed by atoms with Crippen LogP contribution in [-0.2, 0) is 9.53 Å². The molecule has 0 fully saturated rings. The highest BCUT2D eigenvalue weighted by Crippen LogP contribution is 2.28. The lowest BCUT2D eigenvalue weighted by Gasteiger charge is -2.07. The molecular formula is C20H16ClNO4. The minimum atomic E-state index is -0.533. The van der Waals surface area contributed by atoms with Crippen LogP contribution in [0.25, 0.3) is 6.08 Å². The van der Waals surface area contributed by atoms with E-state index in [0.717, 1.165) is 5.56 Å². The molecule has 1 heterocycles. The number of benzene rings is 2. The van der Waals surface area contributed by atoms with Crippen molar-refractivity contribution in [3.8, 4) is 11.5 Å². The van der Waals surface area contributed by atoms with Crippen molar-refractivity contribution in [2.45, 2.75) is 0 Å². The van der Waals surface area contributed by atoms with Crippen molar-refractivity contribution in [3.63, 3.8) is 0 Å². The highest BCUT2D eigenvalue weighted by Gasteiger charge is 2.26. The third-order valence-corrected chi connectivity index (χ3v) is 3.80. The van der Waals surface area contributed by atoms with Gasteiger partial charge in [0.05, 0.1) is 12.7 Å². The summed E-state index contributed by atoms with van der Waals surface area (Å²) >= 11 is 6.02. The standard InChI is InChI=1S/C20H16ClNO4/c1-3-10-25-15-7-4-13(5-8-15)11-17-20(23)26-19(22-17)16-12-14(21)6-9-18(16)24-2/h3-9,11-12H,1,10H2,2H3/b17-11+. The summed E-state index contributed by atoms with van der Waals surface area (Å²) in [5.41, 5.74) is 1.51. The predicted octanol–water partition coefficient (Wildman–Crippen LogP) is 4.26. The molecule has 0 unspecified atom stereocenters. The first-order valence-corrected chi connectivity index (χ1v) is 8.18. The van der Waals surface area contributed by atoms with Crippen LogP contribution in [0.4, 0.5) is 0 Å². The largest absolute Gasteiger partial charge is 0.496 e. The quantitative estimate of drug-likeness (QED) is 0.433. The third-order valence-electron chi connectivity index (χ3n) is 3.56. The van der Waals surface area contributed by atoms with Gasteiger partial charge >= 0.3 is 5.97 Å². The summed E-state index contributed by atoms with van der Waals surface area (Å²) < 4.78 is 16.0. The molecular weight excluding hydrogens is 354 g/mol. The number of ether oxygens (including phenoxy) is 3. The molecule has 0 radical (unpaired) electrons. The zero-order chi connectivity index (χ0) is 18.5. The molecule has 5 nitrogen and oxygen atoms in total. The van der Waals surface area contributed by atoms with Gasteiger partial charge in [-0.2, -0.15) is 0 Å². The zero-order valence-corrected chi connectivity index (χ0v) is 14.8. The summed E-state index contributed by atoms with van der Waals surface area (Å²) in [6, 6.07) is 12.3. The summed E-state index contributed by atoms with van der Waals surface area (Å²) in [4.78, 5) is 16.4. The van der Waals surface area contributed by atoms with Gasteiger partial charge in [0.15, 0.2) is 5.70 Å². The van der Waals surface area contributed by atoms with E-state index in [4.69, 9.17) is 25.8 Å². The molecule has 0 aromatic heterocycles. The maximum absolute atomic E-state index is 12.1. The number of halogens is 1. The van der Waals surface area contributed by atoms with Crippen LogP contribution in [0.3, 0.4) is 0 Å². The Hall–Kier alpha value is -3.05. The van der Waals surface area contributed by atoms with Crippen molar-refractivity contribution in [1.29, 1.82) is 0 Å². The lowest BCUT2D eigenvalue weighted by molar-refractivity contribution is -0.129. The summed E-state index contributed by atoms with van der Waals surface area (Å²) in [6.07, 6.45) is 3.31. The van der Waals surface area contributed by atoms with E-state index < -0.39 is 5.97 Å². The maximum atomic E-state index is 12.1. The Morgan fingerprint density at radius 2 is 2.00 bits per heavy atom. The SMILES string of the molecule is C=CCOc1ccc(/C=C2/N=C(c3cc(Cl)ccc3OC)OC2=O)cc1. The summed E-state index contributed by atoms with van der Waals surface area (Å²) in [7, 11) is 1.52. The number of hydrogen-bond acceptors (Lipinski definition) is 5. The fraction of sp³-hybridized carbons (Fsp3) is 0.100. The number of methoxy groups -OCH3 is 1. The van der Waals surface area contributed by atoms with Crippen molar-refractivity contribution < 1.29 is 19.0 Å². The lowest BCUT2D eigenvalue weighted by atomic mass is 10.2. The van der Waals surface area contributed by atoms with E-state index in [1.165, 1.54) is 7.11 Å². The second-order valence-electron chi connectivity index (χ2n) is 5.35. The Kier molecular flexibility index (Phi) is 5.39. The molecule has 0 spiro atoms. The van der Waals surface area contributed by atoms with Crippen molar-refractivity contribution in [2.24, 2.45) is 4.99 Å². The molecule has 1 aliphatic rings. The monoisotopic (exact) mass is 369 g/mol. The molecule has 1 aliphatic heterocycles. The van der Waals surface area contributed by atoms with Gasteiger partial charge in [0.1, 0.15) is 18.1 Å². The van der Waals surface area contributed by atoms with E-state index in [1.807, 2.05) is 12.1 Å². The van der Waals surface area contributed by atoms with Crippen molar-refractivity contribution >= 4 is 29.5 Å². The molecule has 0 saturated heterocycles. The third kappa shape index (κ3) is 3.95. The Labute approximate surface area is 156 Å². The second-order valence-corrected chi connectivity index (χ2v) is 5.79. The summed E-state index contributed by atoms with van der Waals surface area (Å²) in [6.45, 7) is 4.03. The van der Waals surface area contributed by atoms with Gasteiger partial charge in [0.25, 0.3) is 0 Å². The van der Waals surface area contributed by atoms with Gasteiger partial charge in [-0.25, -0.2) is 9.79 Å². The van der Waals surface area contributed by atoms with Crippen LogP contribution >= 0.6 is 11.6 Å². The van der Waals surface area contributed by atoms with Crippen LogP contribution in [0.2, 0.25) is 5.02 Å². The molecule has 0 atom stereocenters. The van der Waals surface area contributed by atoms with Crippen molar-refractivity contribution in [3.05, 3.63) is 77.0 Å². The first kappa shape index (κ1) is 17.8. The molecule has 132 valence electrons. The number of cyclic esters (lactones) is 1. The first-order chi connectivity index (χ1) is 12.6. The van der Waals surface area contributed by atoms with Crippen LogP contribution in [-0.4, -0.2) is 25.6 Å². The summed E-state index contributed by atoms with van der Waals surface area (Å²) in [5.74, 6) is 0.861. The Morgan fingerprint density at radius 3 is 2.69 bits per heavy atom. The number of esters is 1. The molecule has 0 N–H and O–H groups in total. The van der Waals surface area contributed by atoms with Crippen molar-refractivity contribution in [1.82, 2.24) is 0 Å². The number of carbonyl (C=O) groups excluding carboxylic acids is 1. The molecule has 3 rings (SSSR count). The highest BCUT2D eigenvalue weighted by molar-refractivity contribution is 6.31. The van der Waals surface area contributed by atoms with Gasteiger partial charge in [-0.1, -0.05) is 36.4 Å². The molecule has 0 amide bonds. The smallest absolute Gasteiger partial charge is 0.363 e. The molecule has 2 aromatic rings. The molecule has 0 bridgehead atoms. The van der Waals surface area contributed by atoms with Gasteiger partial charge in [-0.05, 0) is 42.0 Å². The Bertz CT molecular complexity index is 901. The van der Waals surface area contributed by atoms with E-state index in [-0.39, 0.29) is 11.6 Å². The normalized spacial score (nSPS) is 14.8. The predicted molar refractivity (Wildman–Crippen MR) is 101 cm³/mol. The fourth-order valence-electron chi connectivity index (χ4n) is 2.34. The molecule has 0 aliphatic carbocycles. The number of carbonyl (C=O) groups is 1. The molecule has 26 heavy (non-hydrogen) atoms. The average Bonchev–Trinajstić information content (AvgIpc) is 3.01. The average molecular weight is 370 g/mol. The fourth-order valence-corrected chi connectivity index (χ4v) is 2.52. The van der Waals surface area contributed by atoms with Crippen LogP contribution in [0.15, 0.2) is 65.8 Å². The topological polar surface area (TPSA) is 57.1 Å². The Morgan fingerprint density at radius 1 is 1.23 bits per heavy atom. The van der Waals surface area contributed by atoms with Crippen LogP contribution < -0.4 is 9.47 Å². The number of nitrogens with zero attached hydrogens (tertiary/aromatic N) is 1. The van der Waals surface area contributed by atoms with E-state index in [2.05, 4.69) is 11.6 Å². The van der Waals surface area contributed by atoms with Gasteiger partial charge in [0, 0.05) is 5.02 Å². The maximum Gasteiger partial charge on any atom is 0.363 e. The van der Waals surface area contributed by atoms with E-state index >= 15 is 0 Å². The summed E-state index contributed by atoms with van der Waals surface area (Å²) in [5, 5.41) is 0.493. The highest BCUT2D eigenvalue weighted by atomic mass is 35.5. The lowest BCUT2D eigenvalue weighted by Crippen LogP contribution is -2.07. The number of aliphatic imine (C=N–C) groups is 1. The molecule has 6 heteroatoms. The molecule has 0 saturated carbocycles. The van der Waals surface area contributed by atoms with E-state index in [0.29, 0.717) is 28.7 Å².